The van der Waals surface area contributed by atoms with Crippen molar-refractivity contribution in [1.82, 2.24) is 0 Å². The van der Waals surface area contributed by atoms with Crippen molar-refractivity contribution in [2.75, 3.05) is 11.9 Å². The Morgan fingerprint density at radius 1 is 1.15 bits per heavy atom. The van der Waals surface area contributed by atoms with Gasteiger partial charge in [-0.2, -0.15) is 0 Å². The number of para-hydroxylation sites is 1. The second-order valence-electron chi connectivity index (χ2n) is 5.92. The summed E-state index contributed by atoms with van der Waals surface area (Å²) < 4.78 is 10.7. The van der Waals surface area contributed by atoms with Crippen LogP contribution in [0.25, 0.3) is 0 Å². The normalized spacial score (nSPS) is 11.5. The predicted octanol–water partition coefficient (Wildman–Crippen LogP) is 4.30. The molecule has 138 valence electrons. The van der Waals surface area contributed by atoms with Gasteiger partial charge in [-0.1, -0.05) is 42.8 Å². The summed E-state index contributed by atoms with van der Waals surface area (Å²) in [7, 11) is 0. The minimum absolute atomic E-state index is 0.406. The largest absolute Gasteiger partial charge is 0.479 e. The molecule has 2 aromatic rings. The van der Waals surface area contributed by atoms with Gasteiger partial charge in [0.25, 0.3) is 5.91 Å². The van der Waals surface area contributed by atoms with Crippen molar-refractivity contribution in [3.05, 3.63) is 58.6 Å². The maximum Gasteiger partial charge on any atom is 0.347 e. The lowest BCUT2D eigenvalue weighted by molar-refractivity contribution is -0.154. The van der Waals surface area contributed by atoms with E-state index in [4.69, 9.17) is 21.1 Å². The molecule has 0 saturated carbocycles. The first kappa shape index (κ1) is 19.8. The van der Waals surface area contributed by atoms with Gasteiger partial charge in [-0.05, 0) is 49.6 Å². The molecule has 0 aliphatic carbocycles. The zero-order valence-electron chi connectivity index (χ0n) is 15.0. The Kier molecular flexibility index (Phi) is 7.04. The maximum atomic E-state index is 12.2. The predicted molar refractivity (Wildman–Crippen MR) is 102 cm³/mol. The maximum absolute atomic E-state index is 12.2. The number of esters is 1. The summed E-state index contributed by atoms with van der Waals surface area (Å²) in [4.78, 5) is 24.2. The van der Waals surface area contributed by atoms with Crippen molar-refractivity contribution in [2.45, 2.75) is 33.3 Å². The van der Waals surface area contributed by atoms with Crippen LogP contribution in [0.2, 0.25) is 5.02 Å². The number of aryl methyl sites for hydroxylation is 2. The van der Waals surface area contributed by atoms with Gasteiger partial charge in [0.1, 0.15) is 5.75 Å². The molecule has 5 nitrogen and oxygen atoms in total. The lowest BCUT2D eigenvalue weighted by Gasteiger charge is -2.16. The van der Waals surface area contributed by atoms with E-state index >= 15 is 0 Å². The highest BCUT2D eigenvalue weighted by Crippen LogP contribution is 2.27. The van der Waals surface area contributed by atoms with E-state index in [1.807, 2.05) is 45.0 Å². The van der Waals surface area contributed by atoms with Gasteiger partial charge in [0.05, 0.1) is 10.7 Å². The number of hydrogen-bond donors (Lipinski definition) is 1. The third kappa shape index (κ3) is 5.49. The minimum Gasteiger partial charge on any atom is -0.479 e. The molecule has 1 N–H and O–H groups in total. The Hall–Kier alpha value is -2.53. The highest BCUT2D eigenvalue weighted by molar-refractivity contribution is 6.34. The number of carbonyl (C=O) groups excluding carboxylic acids is 2. The van der Waals surface area contributed by atoms with Gasteiger partial charge < -0.3 is 14.8 Å². The molecule has 0 radical (unpaired) electrons. The fourth-order valence-electron chi connectivity index (χ4n) is 2.44. The van der Waals surface area contributed by atoms with E-state index in [2.05, 4.69) is 5.32 Å². The molecule has 2 rings (SSSR count). The van der Waals surface area contributed by atoms with Crippen molar-refractivity contribution in [3.8, 4) is 5.75 Å². The molecule has 0 heterocycles. The molecule has 1 amide bonds. The van der Waals surface area contributed by atoms with E-state index in [9.17, 15) is 9.59 Å². The Labute approximate surface area is 158 Å². The molecule has 0 bridgehead atoms. The zero-order chi connectivity index (χ0) is 19.1. The Bertz CT molecular complexity index is 754. The first-order valence-electron chi connectivity index (χ1n) is 8.35. The molecular formula is C20H22ClNO4. The first-order chi connectivity index (χ1) is 12.4. The minimum atomic E-state index is -0.769. The molecule has 0 fully saturated rings. The van der Waals surface area contributed by atoms with Gasteiger partial charge in [0, 0.05) is 0 Å². The van der Waals surface area contributed by atoms with E-state index in [0.29, 0.717) is 22.9 Å². The van der Waals surface area contributed by atoms with Crippen LogP contribution >= 0.6 is 11.6 Å². The monoisotopic (exact) mass is 375 g/mol. The molecule has 0 unspecified atom stereocenters. The summed E-state index contributed by atoms with van der Waals surface area (Å²) in [5, 5.41) is 3.12. The Morgan fingerprint density at radius 2 is 1.85 bits per heavy atom. The van der Waals surface area contributed by atoms with Crippen LogP contribution in [0, 0.1) is 13.8 Å². The van der Waals surface area contributed by atoms with Crippen LogP contribution in [-0.2, 0) is 14.3 Å². The third-order valence-corrected chi connectivity index (χ3v) is 3.99. The average molecular weight is 376 g/mol. The molecule has 0 aromatic heterocycles. The highest BCUT2D eigenvalue weighted by atomic mass is 35.5. The highest BCUT2D eigenvalue weighted by Gasteiger charge is 2.21. The van der Waals surface area contributed by atoms with Crippen LogP contribution in [-0.4, -0.2) is 24.6 Å². The molecule has 0 saturated heterocycles. The average Bonchev–Trinajstić information content (AvgIpc) is 2.61. The molecule has 0 spiro atoms. The lowest BCUT2D eigenvalue weighted by atomic mass is 10.1. The van der Waals surface area contributed by atoms with E-state index in [0.717, 1.165) is 11.1 Å². The fraction of sp³-hybridized carbons (Fsp3) is 0.300. The fourth-order valence-corrected chi connectivity index (χ4v) is 2.81. The smallest absolute Gasteiger partial charge is 0.347 e. The number of anilines is 1. The van der Waals surface area contributed by atoms with Crippen molar-refractivity contribution >= 4 is 29.2 Å². The summed E-state index contributed by atoms with van der Waals surface area (Å²) in [6.07, 6.45) is -0.340. The van der Waals surface area contributed by atoms with Gasteiger partial charge in [-0.3, -0.25) is 4.79 Å². The zero-order valence-corrected chi connectivity index (χ0v) is 15.8. The Morgan fingerprint density at radius 3 is 2.46 bits per heavy atom. The number of nitrogens with one attached hydrogen (secondary N) is 1. The number of rotatable bonds is 7. The van der Waals surface area contributed by atoms with Gasteiger partial charge in [0.2, 0.25) is 0 Å². The number of carbonyl (C=O) groups is 2. The summed E-state index contributed by atoms with van der Waals surface area (Å²) in [5.74, 6) is -0.470. The first-order valence-corrected chi connectivity index (χ1v) is 8.73. The molecule has 1 atom stereocenters. The van der Waals surface area contributed by atoms with Crippen molar-refractivity contribution in [3.63, 3.8) is 0 Å². The van der Waals surface area contributed by atoms with Crippen LogP contribution in [0.4, 0.5) is 5.69 Å². The number of amides is 1. The molecular weight excluding hydrogens is 354 g/mol. The Balaban J connectivity index is 1.90. The van der Waals surface area contributed by atoms with Crippen LogP contribution in [0.15, 0.2) is 42.5 Å². The van der Waals surface area contributed by atoms with Crippen LogP contribution in [0.3, 0.4) is 0 Å². The van der Waals surface area contributed by atoms with Crippen molar-refractivity contribution in [1.29, 1.82) is 0 Å². The SMILES string of the molecule is CC[C@H](Oc1ccccc1)C(=O)OCC(=O)Nc1c(C)cc(C)cc1Cl. The van der Waals surface area contributed by atoms with Gasteiger partial charge in [-0.25, -0.2) is 4.79 Å². The van der Waals surface area contributed by atoms with E-state index in [-0.39, 0.29) is 0 Å². The molecule has 2 aromatic carbocycles. The molecule has 0 aliphatic rings. The molecule has 6 heteroatoms. The van der Waals surface area contributed by atoms with E-state index < -0.39 is 24.6 Å². The van der Waals surface area contributed by atoms with Gasteiger partial charge >= 0.3 is 5.97 Å². The van der Waals surface area contributed by atoms with E-state index in [1.54, 1.807) is 18.2 Å². The molecule has 0 aliphatic heterocycles. The van der Waals surface area contributed by atoms with Gasteiger partial charge in [-0.15, -0.1) is 0 Å². The second-order valence-corrected chi connectivity index (χ2v) is 6.33. The summed E-state index contributed by atoms with van der Waals surface area (Å²) in [5.41, 5.74) is 2.36. The number of halogens is 1. The summed E-state index contributed by atoms with van der Waals surface area (Å²) >= 11 is 6.16. The number of benzene rings is 2. The quantitative estimate of drug-likeness (QED) is 0.733. The lowest BCUT2D eigenvalue weighted by Crippen LogP contribution is -2.31. The third-order valence-electron chi connectivity index (χ3n) is 3.70. The molecule has 26 heavy (non-hydrogen) atoms. The van der Waals surface area contributed by atoms with Gasteiger partial charge in [0.15, 0.2) is 12.7 Å². The van der Waals surface area contributed by atoms with Crippen molar-refractivity contribution < 1.29 is 19.1 Å². The number of hydrogen-bond acceptors (Lipinski definition) is 4. The van der Waals surface area contributed by atoms with E-state index in [1.165, 1.54) is 0 Å². The number of ether oxygens (including phenoxy) is 2. The van der Waals surface area contributed by atoms with Crippen LogP contribution in [0.1, 0.15) is 24.5 Å². The van der Waals surface area contributed by atoms with Crippen LogP contribution in [0.5, 0.6) is 5.75 Å². The van der Waals surface area contributed by atoms with Crippen LogP contribution < -0.4 is 10.1 Å². The topological polar surface area (TPSA) is 64.6 Å². The standard InChI is InChI=1S/C20H22ClNO4/c1-4-17(26-15-8-6-5-7-9-15)20(24)25-12-18(23)22-19-14(3)10-13(2)11-16(19)21/h5-11,17H,4,12H2,1-3H3,(H,22,23)/t17-/m0/s1. The summed E-state index contributed by atoms with van der Waals surface area (Å²) in [6.45, 7) is 5.17. The van der Waals surface area contributed by atoms with Crippen molar-refractivity contribution in [2.24, 2.45) is 0 Å². The summed E-state index contributed by atoms with van der Waals surface area (Å²) in [6, 6.07) is 12.7. The second kappa shape index (κ2) is 9.25.